The summed E-state index contributed by atoms with van der Waals surface area (Å²) in [6, 6.07) is 14.9. The maximum Gasteiger partial charge on any atom is 0.0422 e. The Balaban J connectivity index is 2.17. The van der Waals surface area contributed by atoms with E-state index in [-0.39, 0.29) is 0 Å². The maximum atomic E-state index is 4.37. The molecule has 1 N–H and O–H groups in total. The number of likely N-dealkylation sites (N-methyl/N-ethyl adjacent to an activating group) is 1. The van der Waals surface area contributed by atoms with E-state index in [0.717, 1.165) is 12.1 Å². The first-order valence-corrected chi connectivity index (χ1v) is 6.70. The molecule has 1 aromatic heterocycles. The molecule has 0 amide bonds. The molecule has 17 heavy (non-hydrogen) atoms. The topological polar surface area (TPSA) is 24.9 Å². The number of aromatic nitrogens is 1. The summed E-state index contributed by atoms with van der Waals surface area (Å²) < 4.78 is 1.27. The zero-order valence-corrected chi connectivity index (χ0v) is 11.9. The van der Waals surface area contributed by atoms with Crippen LogP contribution in [0.25, 0.3) is 0 Å². The minimum absolute atomic E-state index is 0.319. The molecule has 1 atom stereocenters. The Morgan fingerprint density at radius 2 is 2.12 bits per heavy atom. The van der Waals surface area contributed by atoms with Crippen LogP contribution in [-0.4, -0.2) is 12.0 Å². The Labute approximate surface area is 116 Å². The van der Waals surface area contributed by atoms with Gasteiger partial charge in [0.05, 0.1) is 0 Å². The van der Waals surface area contributed by atoms with Gasteiger partial charge in [0.1, 0.15) is 0 Å². The summed E-state index contributed by atoms with van der Waals surface area (Å²) in [5, 5.41) is 3.35. The Hall–Kier alpha value is -0.940. The SMILES string of the molecule is CNC(Cc1ccccn1)c1cccc(I)c1. The quantitative estimate of drug-likeness (QED) is 0.866. The molecule has 1 heterocycles. The van der Waals surface area contributed by atoms with Gasteiger partial charge in [-0.05, 0) is 59.5 Å². The zero-order chi connectivity index (χ0) is 12.1. The summed E-state index contributed by atoms with van der Waals surface area (Å²) in [4.78, 5) is 4.37. The second kappa shape index (κ2) is 6.12. The molecule has 0 fully saturated rings. The van der Waals surface area contributed by atoms with Crippen molar-refractivity contribution in [1.29, 1.82) is 0 Å². The van der Waals surface area contributed by atoms with E-state index in [1.54, 1.807) is 0 Å². The third-order valence-corrected chi connectivity index (χ3v) is 3.41. The third kappa shape index (κ3) is 3.51. The molecule has 0 aliphatic carbocycles. The molecule has 0 aliphatic heterocycles. The minimum Gasteiger partial charge on any atom is -0.313 e. The Kier molecular flexibility index (Phi) is 4.50. The van der Waals surface area contributed by atoms with Crippen LogP contribution in [0.1, 0.15) is 17.3 Å². The molecule has 1 unspecified atom stereocenters. The average molecular weight is 338 g/mol. The highest BCUT2D eigenvalue weighted by Gasteiger charge is 2.10. The molecular formula is C14H15IN2. The van der Waals surface area contributed by atoms with Crippen molar-refractivity contribution in [3.8, 4) is 0 Å². The molecule has 0 aliphatic rings. The van der Waals surface area contributed by atoms with Gasteiger partial charge < -0.3 is 5.32 Å². The molecule has 0 spiro atoms. The lowest BCUT2D eigenvalue weighted by atomic mass is 10.0. The molecule has 0 bridgehead atoms. The van der Waals surface area contributed by atoms with E-state index < -0.39 is 0 Å². The number of hydrogen-bond donors (Lipinski definition) is 1. The monoisotopic (exact) mass is 338 g/mol. The number of benzene rings is 1. The van der Waals surface area contributed by atoms with Gasteiger partial charge in [0.15, 0.2) is 0 Å². The van der Waals surface area contributed by atoms with Crippen molar-refractivity contribution in [2.45, 2.75) is 12.5 Å². The van der Waals surface area contributed by atoms with E-state index in [0.29, 0.717) is 6.04 Å². The van der Waals surface area contributed by atoms with Crippen LogP contribution in [0, 0.1) is 3.57 Å². The molecule has 0 radical (unpaired) electrons. The second-order valence-electron chi connectivity index (χ2n) is 3.92. The summed E-state index contributed by atoms with van der Waals surface area (Å²) >= 11 is 2.34. The van der Waals surface area contributed by atoms with Crippen molar-refractivity contribution in [1.82, 2.24) is 10.3 Å². The predicted octanol–water partition coefficient (Wildman–Crippen LogP) is 3.19. The number of hydrogen-bond acceptors (Lipinski definition) is 2. The van der Waals surface area contributed by atoms with Gasteiger partial charge in [0.2, 0.25) is 0 Å². The number of nitrogens with zero attached hydrogens (tertiary/aromatic N) is 1. The fourth-order valence-corrected chi connectivity index (χ4v) is 2.41. The Bertz CT molecular complexity index is 471. The van der Waals surface area contributed by atoms with E-state index in [9.17, 15) is 0 Å². The van der Waals surface area contributed by atoms with Crippen LogP contribution in [0.4, 0.5) is 0 Å². The highest BCUT2D eigenvalue weighted by Crippen LogP contribution is 2.19. The van der Waals surface area contributed by atoms with Gasteiger partial charge in [-0.25, -0.2) is 0 Å². The van der Waals surface area contributed by atoms with Crippen LogP contribution in [0.15, 0.2) is 48.7 Å². The van der Waals surface area contributed by atoms with Crippen molar-refractivity contribution in [3.05, 3.63) is 63.5 Å². The van der Waals surface area contributed by atoms with Crippen molar-refractivity contribution < 1.29 is 0 Å². The lowest BCUT2D eigenvalue weighted by Crippen LogP contribution is -2.19. The molecule has 2 aromatic rings. The number of nitrogens with one attached hydrogen (secondary N) is 1. The van der Waals surface area contributed by atoms with E-state index in [4.69, 9.17) is 0 Å². The highest BCUT2D eigenvalue weighted by molar-refractivity contribution is 14.1. The molecule has 88 valence electrons. The van der Waals surface area contributed by atoms with Gasteiger partial charge in [-0.15, -0.1) is 0 Å². The summed E-state index contributed by atoms with van der Waals surface area (Å²) in [5.41, 5.74) is 2.43. The van der Waals surface area contributed by atoms with E-state index >= 15 is 0 Å². The minimum atomic E-state index is 0.319. The predicted molar refractivity (Wildman–Crippen MR) is 78.9 cm³/mol. The molecule has 3 heteroatoms. The second-order valence-corrected chi connectivity index (χ2v) is 5.17. The fraction of sp³-hybridized carbons (Fsp3) is 0.214. The highest BCUT2D eigenvalue weighted by atomic mass is 127. The van der Waals surface area contributed by atoms with Crippen molar-refractivity contribution in [3.63, 3.8) is 0 Å². The summed E-state index contributed by atoms with van der Waals surface area (Å²) in [6.45, 7) is 0. The van der Waals surface area contributed by atoms with Gasteiger partial charge in [0.25, 0.3) is 0 Å². The zero-order valence-electron chi connectivity index (χ0n) is 9.73. The third-order valence-electron chi connectivity index (χ3n) is 2.74. The van der Waals surface area contributed by atoms with Gasteiger partial charge >= 0.3 is 0 Å². The normalized spacial score (nSPS) is 12.4. The molecule has 0 saturated heterocycles. The van der Waals surface area contributed by atoms with E-state index in [1.807, 2.05) is 25.4 Å². The van der Waals surface area contributed by atoms with Gasteiger partial charge in [-0.3, -0.25) is 4.98 Å². The smallest absolute Gasteiger partial charge is 0.0422 e. The molecule has 2 nitrogen and oxygen atoms in total. The largest absolute Gasteiger partial charge is 0.313 e. The lowest BCUT2D eigenvalue weighted by Gasteiger charge is -2.16. The molecule has 1 aromatic carbocycles. The first-order valence-electron chi connectivity index (χ1n) is 5.62. The first-order chi connectivity index (χ1) is 8.29. The molecule has 0 saturated carbocycles. The van der Waals surface area contributed by atoms with Crippen molar-refractivity contribution >= 4 is 22.6 Å². The Morgan fingerprint density at radius 3 is 2.76 bits per heavy atom. The van der Waals surface area contributed by atoms with Crippen LogP contribution in [0.2, 0.25) is 0 Å². The van der Waals surface area contributed by atoms with Crippen LogP contribution < -0.4 is 5.32 Å². The van der Waals surface area contributed by atoms with E-state index in [2.05, 4.69) is 63.2 Å². The fourth-order valence-electron chi connectivity index (χ4n) is 1.84. The van der Waals surface area contributed by atoms with Crippen LogP contribution >= 0.6 is 22.6 Å². The number of halogens is 1. The summed E-state index contributed by atoms with van der Waals surface area (Å²) in [5.74, 6) is 0. The van der Waals surface area contributed by atoms with Gasteiger partial charge in [-0.2, -0.15) is 0 Å². The lowest BCUT2D eigenvalue weighted by molar-refractivity contribution is 0.584. The molecular weight excluding hydrogens is 323 g/mol. The summed E-state index contributed by atoms with van der Waals surface area (Å²) in [7, 11) is 1.99. The maximum absolute atomic E-state index is 4.37. The van der Waals surface area contributed by atoms with Crippen molar-refractivity contribution in [2.75, 3.05) is 7.05 Å². The Morgan fingerprint density at radius 1 is 1.24 bits per heavy atom. The number of rotatable bonds is 4. The molecule has 2 rings (SSSR count). The van der Waals surface area contributed by atoms with Crippen LogP contribution in [0.3, 0.4) is 0 Å². The standard InChI is InChI=1S/C14H15IN2/c1-16-14(10-13-7-2-3-8-17-13)11-5-4-6-12(15)9-11/h2-9,14,16H,10H2,1H3. The van der Waals surface area contributed by atoms with Crippen molar-refractivity contribution in [2.24, 2.45) is 0 Å². The van der Waals surface area contributed by atoms with Gasteiger partial charge in [0, 0.05) is 27.9 Å². The van der Waals surface area contributed by atoms with E-state index in [1.165, 1.54) is 9.13 Å². The van der Waals surface area contributed by atoms with Crippen LogP contribution in [-0.2, 0) is 6.42 Å². The van der Waals surface area contributed by atoms with Gasteiger partial charge in [-0.1, -0.05) is 18.2 Å². The average Bonchev–Trinajstić information content (AvgIpc) is 2.37. The number of pyridine rings is 1. The van der Waals surface area contributed by atoms with Crippen LogP contribution in [0.5, 0.6) is 0 Å². The first kappa shape index (κ1) is 12.5. The summed E-state index contributed by atoms with van der Waals surface area (Å²) in [6.07, 6.45) is 2.76.